The van der Waals surface area contributed by atoms with Crippen LogP contribution in [0.5, 0.6) is 0 Å². The maximum atomic E-state index is 12.8. The van der Waals surface area contributed by atoms with Crippen molar-refractivity contribution in [3.05, 3.63) is 60.4 Å². The van der Waals surface area contributed by atoms with Crippen LogP contribution in [-0.2, 0) is 21.1 Å². The van der Waals surface area contributed by atoms with Crippen LogP contribution in [0.3, 0.4) is 0 Å². The lowest BCUT2D eigenvalue weighted by molar-refractivity contribution is -0.122. The molecular weight excluding hydrogens is 424 g/mol. The van der Waals surface area contributed by atoms with Gasteiger partial charge in [0, 0.05) is 24.6 Å². The van der Waals surface area contributed by atoms with Crippen molar-refractivity contribution in [2.45, 2.75) is 37.8 Å². The molecule has 0 bridgehead atoms. The lowest BCUT2D eigenvalue weighted by Gasteiger charge is -2.28. The number of fused-ring (bicyclic) bond motifs is 1. The third kappa shape index (κ3) is 4.29. The van der Waals surface area contributed by atoms with Gasteiger partial charge in [-0.25, -0.2) is 13.4 Å². The molecule has 5 rings (SSSR count). The minimum absolute atomic E-state index is 0.0302. The molecule has 0 saturated carbocycles. The Morgan fingerprint density at radius 2 is 1.72 bits per heavy atom. The number of benzene rings is 2. The standard InChI is InChI=1S/C24H28N4O3S/c29-24(26-20-16-32(30,31)17-22(20)27-14-6-7-15-27)13-12-23-25-19-10-4-5-11-21(19)28(23)18-8-2-1-3-9-18/h1-5,8-11,20,22H,6-7,12-17H2,(H,26,29). The zero-order chi connectivity index (χ0) is 22.1. The van der Waals surface area contributed by atoms with Gasteiger partial charge in [0.25, 0.3) is 0 Å². The average Bonchev–Trinajstić information content (AvgIpc) is 3.50. The van der Waals surface area contributed by atoms with E-state index in [1.165, 1.54) is 0 Å². The topological polar surface area (TPSA) is 84.3 Å². The normalized spacial score (nSPS) is 23.0. The van der Waals surface area contributed by atoms with Crippen molar-refractivity contribution in [3.63, 3.8) is 0 Å². The van der Waals surface area contributed by atoms with Gasteiger partial charge in [0.1, 0.15) is 5.82 Å². The Balaban J connectivity index is 1.32. The molecule has 2 aliphatic heterocycles. The Morgan fingerprint density at radius 3 is 2.50 bits per heavy atom. The fourth-order valence-corrected chi connectivity index (χ4v) is 6.97. The molecule has 32 heavy (non-hydrogen) atoms. The number of imidazole rings is 1. The first kappa shape index (κ1) is 21.2. The quantitative estimate of drug-likeness (QED) is 0.621. The van der Waals surface area contributed by atoms with Gasteiger partial charge in [-0.2, -0.15) is 0 Å². The van der Waals surface area contributed by atoms with Crippen LogP contribution in [0.2, 0.25) is 0 Å². The third-order valence-corrected chi connectivity index (χ3v) is 8.22. The molecule has 2 unspecified atom stereocenters. The highest BCUT2D eigenvalue weighted by Gasteiger charge is 2.42. The summed E-state index contributed by atoms with van der Waals surface area (Å²) in [5.74, 6) is 0.870. The van der Waals surface area contributed by atoms with E-state index in [-0.39, 0.29) is 35.9 Å². The lowest BCUT2D eigenvalue weighted by Crippen LogP contribution is -2.50. The molecular formula is C24H28N4O3S. The fourth-order valence-electron chi connectivity index (χ4n) is 5.01. The Hall–Kier alpha value is -2.71. The van der Waals surface area contributed by atoms with E-state index < -0.39 is 9.84 Å². The molecule has 2 fully saturated rings. The van der Waals surface area contributed by atoms with E-state index in [1.54, 1.807) is 0 Å². The monoisotopic (exact) mass is 452 g/mol. The molecule has 1 N–H and O–H groups in total. The molecule has 3 heterocycles. The number of rotatable bonds is 6. The van der Waals surface area contributed by atoms with Crippen molar-refractivity contribution < 1.29 is 13.2 Å². The Morgan fingerprint density at radius 1 is 1.00 bits per heavy atom. The summed E-state index contributed by atoms with van der Waals surface area (Å²) in [5.41, 5.74) is 2.90. The van der Waals surface area contributed by atoms with Crippen molar-refractivity contribution in [2.75, 3.05) is 24.6 Å². The minimum Gasteiger partial charge on any atom is -0.351 e. The van der Waals surface area contributed by atoms with Crippen LogP contribution in [0.1, 0.15) is 25.1 Å². The zero-order valence-electron chi connectivity index (χ0n) is 18.0. The summed E-state index contributed by atoms with van der Waals surface area (Å²) in [4.78, 5) is 19.8. The predicted molar refractivity (Wildman–Crippen MR) is 125 cm³/mol. The maximum Gasteiger partial charge on any atom is 0.220 e. The van der Waals surface area contributed by atoms with E-state index in [4.69, 9.17) is 4.98 Å². The largest absolute Gasteiger partial charge is 0.351 e. The Kier molecular flexibility index (Phi) is 5.73. The van der Waals surface area contributed by atoms with E-state index in [1.807, 2.05) is 54.6 Å². The summed E-state index contributed by atoms with van der Waals surface area (Å²) in [6.07, 6.45) is 2.92. The summed E-state index contributed by atoms with van der Waals surface area (Å²) in [6, 6.07) is 17.5. The molecule has 7 nitrogen and oxygen atoms in total. The number of hydrogen-bond donors (Lipinski definition) is 1. The molecule has 1 amide bonds. The first-order valence-corrected chi connectivity index (χ1v) is 13.1. The van der Waals surface area contributed by atoms with Crippen molar-refractivity contribution in [1.82, 2.24) is 19.8 Å². The van der Waals surface area contributed by atoms with Gasteiger partial charge in [0.2, 0.25) is 5.91 Å². The first-order valence-electron chi connectivity index (χ1n) is 11.3. The highest BCUT2D eigenvalue weighted by Crippen LogP contribution is 2.24. The smallest absolute Gasteiger partial charge is 0.220 e. The van der Waals surface area contributed by atoms with Crippen LogP contribution in [0, 0.1) is 0 Å². The van der Waals surface area contributed by atoms with Crippen LogP contribution in [0.4, 0.5) is 0 Å². The summed E-state index contributed by atoms with van der Waals surface area (Å²) < 4.78 is 26.7. The average molecular weight is 453 g/mol. The van der Waals surface area contributed by atoms with E-state index in [0.717, 1.165) is 48.5 Å². The highest BCUT2D eigenvalue weighted by atomic mass is 32.2. The van der Waals surface area contributed by atoms with E-state index in [2.05, 4.69) is 14.8 Å². The van der Waals surface area contributed by atoms with Gasteiger partial charge in [-0.3, -0.25) is 14.3 Å². The number of carbonyl (C=O) groups is 1. The van der Waals surface area contributed by atoms with Crippen molar-refractivity contribution >= 4 is 26.8 Å². The number of para-hydroxylation sites is 3. The van der Waals surface area contributed by atoms with Crippen LogP contribution < -0.4 is 5.32 Å². The molecule has 2 aliphatic rings. The molecule has 168 valence electrons. The summed E-state index contributed by atoms with van der Waals surface area (Å²) in [5, 5.41) is 3.03. The number of nitrogens with zero attached hydrogens (tertiary/aromatic N) is 3. The van der Waals surface area contributed by atoms with Gasteiger partial charge >= 0.3 is 0 Å². The van der Waals surface area contributed by atoms with E-state index >= 15 is 0 Å². The fraction of sp³-hybridized carbons (Fsp3) is 0.417. The number of carbonyl (C=O) groups excluding carboxylic acids is 1. The second-order valence-corrected chi connectivity index (χ2v) is 10.9. The molecule has 2 aromatic carbocycles. The van der Waals surface area contributed by atoms with Gasteiger partial charge in [-0.15, -0.1) is 0 Å². The summed E-state index contributed by atoms with van der Waals surface area (Å²) in [7, 11) is -3.13. The van der Waals surface area contributed by atoms with Crippen molar-refractivity contribution in [3.8, 4) is 5.69 Å². The number of aromatic nitrogens is 2. The molecule has 8 heteroatoms. The van der Waals surface area contributed by atoms with Crippen molar-refractivity contribution in [1.29, 1.82) is 0 Å². The summed E-state index contributed by atoms with van der Waals surface area (Å²) in [6.45, 7) is 1.82. The molecule has 0 spiro atoms. The van der Waals surface area contributed by atoms with Crippen LogP contribution >= 0.6 is 0 Å². The van der Waals surface area contributed by atoms with E-state index in [9.17, 15) is 13.2 Å². The van der Waals surface area contributed by atoms with Crippen LogP contribution in [-0.4, -0.2) is 65.5 Å². The molecule has 2 atom stereocenters. The lowest BCUT2D eigenvalue weighted by atomic mass is 10.1. The van der Waals surface area contributed by atoms with Gasteiger partial charge in [0.15, 0.2) is 9.84 Å². The number of amides is 1. The number of aryl methyl sites for hydroxylation is 1. The maximum absolute atomic E-state index is 12.8. The first-order chi connectivity index (χ1) is 15.5. The predicted octanol–water partition coefficient (Wildman–Crippen LogP) is 2.34. The molecule has 1 aromatic heterocycles. The zero-order valence-corrected chi connectivity index (χ0v) is 18.8. The molecule has 2 saturated heterocycles. The molecule has 0 radical (unpaired) electrons. The van der Waals surface area contributed by atoms with Gasteiger partial charge in [-0.1, -0.05) is 30.3 Å². The summed E-state index contributed by atoms with van der Waals surface area (Å²) >= 11 is 0. The molecule has 3 aromatic rings. The number of sulfone groups is 1. The Bertz CT molecular complexity index is 1220. The van der Waals surface area contributed by atoms with Gasteiger partial charge in [0.05, 0.1) is 28.6 Å². The molecule has 0 aliphatic carbocycles. The van der Waals surface area contributed by atoms with Gasteiger partial charge in [-0.05, 0) is 50.2 Å². The number of hydrogen-bond acceptors (Lipinski definition) is 5. The van der Waals surface area contributed by atoms with Crippen LogP contribution in [0.15, 0.2) is 54.6 Å². The third-order valence-electron chi connectivity index (χ3n) is 6.50. The Labute approximate surface area is 188 Å². The van der Waals surface area contributed by atoms with Crippen molar-refractivity contribution in [2.24, 2.45) is 0 Å². The second-order valence-electron chi connectivity index (χ2n) is 8.75. The van der Waals surface area contributed by atoms with Gasteiger partial charge < -0.3 is 5.32 Å². The number of nitrogens with one attached hydrogen (secondary N) is 1. The minimum atomic E-state index is -3.13. The van der Waals surface area contributed by atoms with Crippen LogP contribution in [0.25, 0.3) is 16.7 Å². The van der Waals surface area contributed by atoms with E-state index in [0.29, 0.717) is 6.42 Å². The highest BCUT2D eigenvalue weighted by molar-refractivity contribution is 7.91. The number of likely N-dealkylation sites (tertiary alicyclic amines) is 1. The second kappa shape index (κ2) is 8.67. The SMILES string of the molecule is O=C(CCc1nc2ccccc2n1-c1ccccc1)NC1CS(=O)(=O)CC1N1CCCC1.